The third-order valence-electron chi connectivity index (χ3n) is 4.56. The second-order valence-corrected chi connectivity index (χ2v) is 8.14. The highest BCUT2D eigenvalue weighted by atomic mass is 79.9. The molecule has 146 valence electrons. The molecule has 1 aliphatic rings. The molecule has 28 heavy (non-hydrogen) atoms. The Balaban J connectivity index is 1.91. The van der Waals surface area contributed by atoms with Crippen LogP contribution in [-0.2, 0) is 6.18 Å². The largest absolute Gasteiger partial charge is 0.433 e. The molecule has 3 heterocycles. The Morgan fingerprint density at radius 1 is 1.07 bits per heavy atom. The van der Waals surface area contributed by atoms with E-state index >= 15 is 0 Å². The molecule has 1 aromatic carbocycles. The number of amides is 1. The van der Waals surface area contributed by atoms with Crippen LogP contribution in [0.5, 0.6) is 0 Å². The van der Waals surface area contributed by atoms with Crippen LogP contribution < -0.4 is 0 Å². The van der Waals surface area contributed by atoms with Gasteiger partial charge in [-0.1, -0.05) is 28.1 Å². The molecule has 10 heteroatoms. The number of alkyl halides is 3. The fourth-order valence-corrected chi connectivity index (χ4v) is 3.94. The average Bonchev–Trinajstić information content (AvgIpc) is 3.29. The highest BCUT2D eigenvalue weighted by Crippen LogP contribution is 2.35. The van der Waals surface area contributed by atoms with Crippen LogP contribution in [0.2, 0.25) is 0 Å². The van der Waals surface area contributed by atoms with E-state index in [9.17, 15) is 18.0 Å². The highest BCUT2D eigenvalue weighted by molar-refractivity contribution is 9.11. The molecule has 0 atom stereocenters. The lowest BCUT2D eigenvalue weighted by molar-refractivity contribution is -0.142. The Bertz CT molecular complexity index is 1060. The van der Waals surface area contributed by atoms with Crippen molar-refractivity contribution in [2.45, 2.75) is 19.0 Å². The monoisotopic (exact) mass is 516 g/mol. The summed E-state index contributed by atoms with van der Waals surface area (Å²) in [4.78, 5) is 18.6. The molecule has 1 saturated heterocycles. The van der Waals surface area contributed by atoms with E-state index in [0.29, 0.717) is 23.2 Å². The van der Waals surface area contributed by atoms with E-state index in [-0.39, 0.29) is 21.5 Å². The number of hydrogen-bond acceptors (Lipinski definition) is 3. The summed E-state index contributed by atoms with van der Waals surface area (Å²) in [7, 11) is 0. The minimum atomic E-state index is -4.66. The summed E-state index contributed by atoms with van der Waals surface area (Å²) in [6, 6.07) is 7.73. The van der Waals surface area contributed by atoms with Crippen LogP contribution in [0.4, 0.5) is 13.2 Å². The predicted molar refractivity (Wildman–Crippen MR) is 104 cm³/mol. The second kappa shape index (κ2) is 7.14. The number of likely N-dealkylation sites (tertiary alicyclic amines) is 1. The van der Waals surface area contributed by atoms with Gasteiger partial charge in [0.25, 0.3) is 5.91 Å². The second-order valence-electron chi connectivity index (χ2n) is 6.43. The summed E-state index contributed by atoms with van der Waals surface area (Å²) < 4.78 is 42.8. The van der Waals surface area contributed by atoms with E-state index in [4.69, 9.17) is 0 Å². The minimum Gasteiger partial charge on any atom is -0.337 e. The molecular weight excluding hydrogens is 505 g/mol. The van der Waals surface area contributed by atoms with Crippen molar-refractivity contribution in [2.24, 2.45) is 0 Å². The summed E-state index contributed by atoms with van der Waals surface area (Å²) >= 11 is 6.55. The zero-order valence-corrected chi connectivity index (χ0v) is 17.5. The molecule has 3 aromatic rings. The van der Waals surface area contributed by atoms with Crippen LogP contribution in [0.15, 0.2) is 39.3 Å². The Morgan fingerprint density at radius 2 is 1.71 bits per heavy atom. The third kappa shape index (κ3) is 3.43. The van der Waals surface area contributed by atoms with Crippen molar-refractivity contribution in [3.63, 3.8) is 0 Å². The number of halogens is 5. The van der Waals surface area contributed by atoms with Crippen LogP contribution in [0.3, 0.4) is 0 Å². The summed E-state index contributed by atoms with van der Waals surface area (Å²) in [6.07, 6.45) is -2.92. The van der Waals surface area contributed by atoms with Gasteiger partial charge < -0.3 is 4.90 Å². The summed E-state index contributed by atoms with van der Waals surface area (Å²) in [5.74, 6) is -0.395. The van der Waals surface area contributed by atoms with Gasteiger partial charge in [-0.25, -0.2) is 9.50 Å². The topological polar surface area (TPSA) is 50.5 Å². The van der Waals surface area contributed by atoms with E-state index < -0.39 is 17.8 Å². The van der Waals surface area contributed by atoms with Gasteiger partial charge in [0.15, 0.2) is 17.0 Å². The van der Waals surface area contributed by atoms with Crippen molar-refractivity contribution in [2.75, 3.05) is 13.1 Å². The Hall–Kier alpha value is -1.94. The number of fused-ring (bicyclic) bond motifs is 1. The smallest absolute Gasteiger partial charge is 0.337 e. The van der Waals surface area contributed by atoms with Crippen molar-refractivity contribution >= 4 is 43.4 Å². The quantitative estimate of drug-likeness (QED) is 0.471. The SMILES string of the molecule is O=C(c1nn2c(C(F)(F)F)cc(-c3ccc(Br)cc3)nc2c1Br)N1CCCC1. The summed E-state index contributed by atoms with van der Waals surface area (Å²) in [5, 5.41) is 3.96. The number of carbonyl (C=O) groups is 1. The van der Waals surface area contributed by atoms with E-state index in [0.717, 1.165) is 23.4 Å². The van der Waals surface area contributed by atoms with Crippen LogP contribution in [-0.4, -0.2) is 38.5 Å². The zero-order valence-electron chi connectivity index (χ0n) is 14.3. The van der Waals surface area contributed by atoms with E-state index in [2.05, 4.69) is 41.9 Å². The maximum Gasteiger partial charge on any atom is 0.433 e. The molecule has 0 N–H and O–H groups in total. The van der Waals surface area contributed by atoms with Crippen LogP contribution in [0, 0.1) is 0 Å². The van der Waals surface area contributed by atoms with Crippen LogP contribution in [0.25, 0.3) is 16.9 Å². The number of hydrogen-bond donors (Lipinski definition) is 0. The molecule has 0 unspecified atom stereocenters. The Kier molecular flexibility index (Phi) is 4.95. The Morgan fingerprint density at radius 3 is 2.32 bits per heavy atom. The van der Waals surface area contributed by atoms with Gasteiger partial charge in [-0.2, -0.15) is 18.3 Å². The van der Waals surface area contributed by atoms with Crippen molar-refractivity contribution in [3.8, 4) is 11.3 Å². The highest BCUT2D eigenvalue weighted by Gasteiger charge is 2.37. The van der Waals surface area contributed by atoms with Crippen molar-refractivity contribution in [1.82, 2.24) is 19.5 Å². The van der Waals surface area contributed by atoms with Gasteiger partial charge in [0.05, 0.1) is 10.2 Å². The van der Waals surface area contributed by atoms with Crippen LogP contribution in [0.1, 0.15) is 29.0 Å². The standard InChI is InChI=1S/C18H13Br2F3N4O/c19-11-5-3-10(4-6-11)12-9-13(18(21,22)23)27-16(24-12)14(20)15(25-27)17(28)26-7-1-2-8-26/h3-6,9H,1-2,7-8H2. The lowest BCUT2D eigenvalue weighted by Gasteiger charge is -2.13. The van der Waals surface area contributed by atoms with Gasteiger partial charge in [0, 0.05) is 23.1 Å². The molecule has 4 rings (SSSR count). The molecule has 0 spiro atoms. The van der Waals surface area contributed by atoms with Gasteiger partial charge >= 0.3 is 6.18 Å². The molecule has 5 nitrogen and oxygen atoms in total. The molecule has 0 radical (unpaired) electrons. The lowest BCUT2D eigenvalue weighted by Crippen LogP contribution is -2.28. The summed E-state index contributed by atoms with van der Waals surface area (Å²) in [5.41, 5.74) is -0.426. The van der Waals surface area contributed by atoms with Crippen LogP contribution >= 0.6 is 31.9 Å². The number of benzene rings is 1. The lowest BCUT2D eigenvalue weighted by atomic mass is 10.1. The van der Waals surface area contributed by atoms with Crippen molar-refractivity contribution < 1.29 is 18.0 Å². The van der Waals surface area contributed by atoms with Gasteiger partial charge in [0.2, 0.25) is 0 Å². The minimum absolute atomic E-state index is 0.0460. The van der Waals surface area contributed by atoms with Gasteiger partial charge in [-0.15, -0.1) is 0 Å². The molecule has 1 aliphatic heterocycles. The van der Waals surface area contributed by atoms with E-state index in [1.54, 1.807) is 29.2 Å². The maximum absolute atomic E-state index is 13.7. The fraction of sp³-hybridized carbons (Fsp3) is 0.278. The number of nitrogens with zero attached hydrogens (tertiary/aromatic N) is 4. The summed E-state index contributed by atoms with van der Waals surface area (Å²) in [6.45, 7) is 1.14. The molecular formula is C18H13Br2F3N4O. The molecule has 0 aliphatic carbocycles. The zero-order chi connectivity index (χ0) is 20.1. The molecule has 1 fully saturated rings. The normalized spacial score (nSPS) is 14.8. The first-order valence-electron chi connectivity index (χ1n) is 8.47. The maximum atomic E-state index is 13.7. The first kappa shape index (κ1) is 19.4. The molecule has 0 bridgehead atoms. The average molecular weight is 518 g/mol. The fourth-order valence-electron chi connectivity index (χ4n) is 3.17. The van der Waals surface area contributed by atoms with Crippen molar-refractivity contribution in [1.29, 1.82) is 0 Å². The molecule has 1 amide bonds. The number of rotatable bonds is 2. The molecule has 2 aromatic heterocycles. The van der Waals surface area contributed by atoms with E-state index in [1.165, 1.54) is 0 Å². The number of aromatic nitrogens is 3. The van der Waals surface area contributed by atoms with Gasteiger partial charge in [0.1, 0.15) is 0 Å². The van der Waals surface area contributed by atoms with Gasteiger partial charge in [-0.05, 0) is 47.0 Å². The van der Waals surface area contributed by atoms with Crippen molar-refractivity contribution in [3.05, 3.63) is 50.7 Å². The van der Waals surface area contributed by atoms with Gasteiger partial charge in [-0.3, -0.25) is 4.79 Å². The first-order valence-corrected chi connectivity index (χ1v) is 10.1. The Labute approximate surface area is 174 Å². The third-order valence-corrected chi connectivity index (χ3v) is 5.82. The predicted octanol–water partition coefficient (Wildman–Crippen LogP) is 5.18. The first-order chi connectivity index (χ1) is 13.3. The molecule has 0 saturated carbocycles. The van der Waals surface area contributed by atoms with E-state index in [1.807, 2.05) is 0 Å². The number of carbonyl (C=O) groups excluding carboxylic acids is 1.